The molecule has 0 spiro atoms. The van der Waals surface area contributed by atoms with Crippen LogP contribution in [0.5, 0.6) is 5.88 Å². The highest BCUT2D eigenvalue weighted by Gasteiger charge is 2.27. The summed E-state index contributed by atoms with van der Waals surface area (Å²) in [6.07, 6.45) is 5.63. The lowest BCUT2D eigenvalue weighted by Crippen LogP contribution is -2.48. The molecular weight excluding hydrogens is 252 g/mol. The van der Waals surface area contributed by atoms with E-state index in [0.717, 1.165) is 30.9 Å². The molecule has 2 N–H and O–H groups in total. The summed E-state index contributed by atoms with van der Waals surface area (Å²) in [7, 11) is 2.04. The summed E-state index contributed by atoms with van der Waals surface area (Å²) >= 11 is 0. The minimum atomic E-state index is 0.206. The summed E-state index contributed by atoms with van der Waals surface area (Å²) in [5, 5.41) is 0. The van der Waals surface area contributed by atoms with Crippen molar-refractivity contribution < 1.29 is 4.74 Å². The van der Waals surface area contributed by atoms with Crippen LogP contribution in [0.2, 0.25) is 0 Å². The molecule has 112 valence electrons. The molecule has 0 radical (unpaired) electrons. The van der Waals surface area contributed by atoms with Gasteiger partial charge in [-0.25, -0.2) is 4.98 Å². The fourth-order valence-electron chi connectivity index (χ4n) is 2.73. The van der Waals surface area contributed by atoms with Gasteiger partial charge in [0, 0.05) is 30.9 Å². The highest BCUT2D eigenvalue weighted by atomic mass is 16.5. The Balaban J connectivity index is 2.15. The quantitative estimate of drug-likeness (QED) is 0.895. The SMILES string of the molecule is CCCOc1cc(C)nc(N(C)C2CCCCC2N)n1. The summed E-state index contributed by atoms with van der Waals surface area (Å²) in [6, 6.07) is 2.41. The molecular formula is C15H26N4O. The number of ether oxygens (including phenoxy) is 1. The van der Waals surface area contributed by atoms with Gasteiger partial charge < -0.3 is 15.4 Å². The van der Waals surface area contributed by atoms with Crippen LogP contribution in [0.4, 0.5) is 5.95 Å². The smallest absolute Gasteiger partial charge is 0.228 e. The Bertz CT molecular complexity index is 438. The van der Waals surface area contributed by atoms with Gasteiger partial charge in [0.15, 0.2) is 0 Å². The maximum atomic E-state index is 6.25. The highest BCUT2D eigenvalue weighted by molar-refractivity contribution is 5.35. The summed E-state index contributed by atoms with van der Waals surface area (Å²) in [4.78, 5) is 11.2. The van der Waals surface area contributed by atoms with Crippen molar-refractivity contribution >= 4 is 5.95 Å². The van der Waals surface area contributed by atoms with Gasteiger partial charge >= 0.3 is 0 Å². The Morgan fingerprint density at radius 1 is 1.35 bits per heavy atom. The first-order valence-electron chi connectivity index (χ1n) is 7.58. The third kappa shape index (κ3) is 3.60. The van der Waals surface area contributed by atoms with Crippen LogP contribution in [-0.2, 0) is 0 Å². The fourth-order valence-corrected chi connectivity index (χ4v) is 2.73. The van der Waals surface area contributed by atoms with Gasteiger partial charge in [0.1, 0.15) is 0 Å². The lowest BCUT2D eigenvalue weighted by Gasteiger charge is -2.36. The second-order valence-electron chi connectivity index (χ2n) is 5.62. The van der Waals surface area contributed by atoms with E-state index in [2.05, 4.69) is 21.8 Å². The number of aryl methyl sites for hydroxylation is 1. The Kier molecular flexibility index (Phi) is 5.17. The Labute approximate surface area is 121 Å². The molecule has 2 atom stereocenters. The van der Waals surface area contributed by atoms with Crippen LogP contribution in [0, 0.1) is 6.92 Å². The second-order valence-corrected chi connectivity index (χ2v) is 5.62. The lowest BCUT2D eigenvalue weighted by molar-refractivity contribution is 0.303. The molecule has 5 nitrogen and oxygen atoms in total. The van der Waals surface area contributed by atoms with Crippen molar-refractivity contribution in [2.75, 3.05) is 18.6 Å². The molecule has 2 rings (SSSR count). The normalized spacial score (nSPS) is 22.6. The standard InChI is InChI=1S/C15H26N4O/c1-4-9-20-14-10-11(2)17-15(18-14)19(3)13-8-6-5-7-12(13)16/h10,12-13H,4-9,16H2,1-3H3. The number of rotatable bonds is 5. The van der Waals surface area contributed by atoms with E-state index in [1.54, 1.807) is 0 Å². The molecule has 1 heterocycles. The van der Waals surface area contributed by atoms with Crippen LogP contribution >= 0.6 is 0 Å². The number of aromatic nitrogens is 2. The van der Waals surface area contributed by atoms with Crippen molar-refractivity contribution in [3.05, 3.63) is 11.8 Å². The average molecular weight is 278 g/mol. The highest BCUT2D eigenvalue weighted by Crippen LogP contribution is 2.25. The topological polar surface area (TPSA) is 64.3 Å². The minimum absolute atomic E-state index is 0.206. The van der Waals surface area contributed by atoms with Crippen molar-refractivity contribution in [2.45, 2.75) is 58.0 Å². The average Bonchev–Trinajstić information content (AvgIpc) is 2.44. The molecule has 1 aromatic heterocycles. The van der Waals surface area contributed by atoms with Gasteiger partial charge in [-0.1, -0.05) is 19.8 Å². The van der Waals surface area contributed by atoms with Gasteiger partial charge in [-0.2, -0.15) is 4.98 Å². The molecule has 0 bridgehead atoms. The van der Waals surface area contributed by atoms with Crippen molar-refractivity contribution in [3.63, 3.8) is 0 Å². The van der Waals surface area contributed by atoms with Crippen molar-refractivity contribution in [3.8, 4) is 5.88 Å². The number of nitrogens with two attached hydrogens (primary N) is 1. The summed E-state index contributed by atoms with van der Waals surface area (Å²) in [5.74, 6) is 1.38. The van der Waals surface area contributed by atoms with E-state index in [-0.39, 0.29) is 6.04 Å². The van der Waals surface area contributed by atoms with Crippen molar-refractivity contribution in [2.24, 2.45) is 5.73 Å². The summed E-state index contributed by atoms with van der Waals surface area (Å²) in [6.45, 7) is 4.74. The minimum Gasteiger partial charge on any atom is -0.478 e. The van der Waals surface area contributed by atoms with Crippen molar-refractivity contribution in [1.82, 2.24) is 9.97 Å². The number of likely N-dealkylation sites (N-methyl/N-ethyl adjacent to an activating group) is 1. The number of hydrogen-bond donors (Lipinski definition) is 1. The molecule has 1 aliphatic rings. The molecule has 0 amide bonds. The largest absolute Gasteiger partial charge is 0.478 e. The monoisotopic (exact) mass is 278 g/mol. The third-order valence-electron chi connectivity index (χ3n) is 3.87. The van der Waals surface area contributed by atoms with E-state index in [1.165, 1.54) is 12.8 Å². The van der Waals surface area contributed by atoms with Crippen molar-refractivity contribution in [1.29, 1.82) is 0 Å². The van der Waals surface area contributed by atoms with E-state index >= 15 is 0 Å². The molecule has 1 fully saturated rings. The molecule has 20 heavy (non-hydrogen) atoms. The number of hydrogen-bond acceptors (Lipinski definition) is 5. The molecule has 0 saturated heterocycles. The van der Waals surface area contributed by atoms with Crippen LogP contribution in [0.15, 0.2) is 6.07 Å². The second kappa shape index (κ2) is 6.88. The van der Waals surface area contributed by atoms with E-state index < -0.39 is 0 Å². The number of anilines is 1. The summed E-state index contributed by atoms with van der Waals surface area (Å²) < 4.78 is 5.63. The predicted octanol–water partition coefficient (Wildman–Crippen LogP) is 2.28. The van der Waals surface area contributed by atoms with E-state index in [1.807, 2.05) is 20.0 Å². The molecule has 0 aliphatic heterocycles. The summed E-state index contributed by atoms with van der Waals surface area (Å²) in [5.41, 5.74) is 7.17. The first-order chi connectivity index (χ1) is 9.61. The lowest BCUT2D eigenvalue weighted by atomic mass is 9.90. The fraction of sp³-hybridized carbons (Fsp3) is 0.733. The van der Waals surface area contributed by atoms with Crippen LogP contribution in [0.1, 0.15) is 44.7 Å². The molecule has 1 aromatic rings. The van der Waals surface area contributed by atoms with Gasteiger partial charge in [0.05, 0.1) is 6.61 Å². The zero-order valence-corrected chi connectivity index (χ0v) is 12.8. The molecule has 0 aromatic carbocycles. The Morgan fingerprint density at radius 2 is 2.10 bits per heavy atom. The van der Waals surface area contributed by atoms with Gasteiger partial charge in [-0.3, -0.25) is 0 Å². The zero-order chi connectivity index (χ0) is 14.5. The van der Waals surface area contributed by atoms with Gasteiger partial charge in [0.2, 0.25) is 11.8 Å². The van der Waals surface area contributed by atoms with Crippen LogP contribution in [0.3, 0.4) is 0 Å². The molecule has 1 saturated carbocycles. The maximum Gasteiger partial charge on any atom is 0.228 e. The molecule has 2 unspecified atom stereocenters. The molecule has 5 heteroatoms. The van der Waals surface area contributed by atoms with Gasteiger partial charge in [-0.05, 0) is 26.2 Å². The first kappa shape index (κ1) is 15.0. The third-order valence-corrected chi connectivity index (χ3v) is 3.87. The van der Waals surface area contributed by atoms with E-state index in [0.29, 0.717) is 18.5 Å². The Hall–Kier alpha value is -1.36. The van der Waals surface area contributed by atoms with Crippen LogP contribution < -0.4 is 15.4 Å². The van der Waals surface area contributed by atoms with E-state index in [9.17, 15) is 0 Å². The Morgan fingerprint density at radius 3 is 2.80 bits per heavy atom. The first-order valence-corrected chi connectivity index (χ1v) is 7.58. The number of nitrogens with zero attached hydrogens (tertiary/aromatic N) is 3. The molecule has 1 aliphatic carbocycles. The van der Waals surface area contributed by atoms with Gasteiger partial charge in [-0.15, -0.1) is 0 Å². The predicted molar refractivity (Wildman–Crippen MR) is 81.2 cm³/mol. The van der Waals surface area contributed by atoms with Crippen LogP contribution in [0.25, 0.3) is 0 Å². The van der Waals surface area contributed by atoms with Crippen LogP contribution in [-0.4, -0.2) is 35.7 Å². The van der Waals surface area contributed by atoms with Gasteiger partial charge in [0.25, 0.3) is 0 Å². The van der Waals surface area contributed by atoms with E-state index in [4.69, 9.17) is 10.5 Å². The maximum absolute atomic E-state index is 6.25. The zero-order valence-electron chi connectivity index (χ0n) is 12.8.